The molecule has 0 spiro atoms. The van der Waals surface area contributed by atoms with Crippen molar-refractivity contribution in [2.75, 3.05) is 28.4 Å². The molecular weight excluding hydrogens is 2310 g/mol. The molecule has 0 saturated heterocycles. The van der Waals surface area contributed by atoms with Crippen LogP contribution in [-0.2, 0) is 18.9 Å². The highest BCUT2D eigenvalue weighted by Gasteiger charge is 2.18. The molecule has 0 unspecified atom stereocenters. The molecule has 0 bridgehead atoms. The third-order valence-electron chi connectivity index (χ3n) is 18.6. The van der Waals surface area contributed by atoms with Gasteiger partial charge in [-0.15, -0.1) is 0 Å². The predicted octanol–water partition coefficient (Wildman–Crippen LogP) is 26.8. The van der Waals surface area contributed by atoms with Gasteiger partial charge < -0.3 is 44.3 Å². The summed E-state index contributed by atoms with van der Waals surface area (Å²) < 4.78 is 49.3. The summed E-state index contributed by atoms with van der Waals surface area (Å²) in [6.07, 6.45) is 25.0. The van der Waals surface area contributed by atoms with Gasteiger partial charge in [0.25, 0.3) is 0 Å². The number of hydrogen-bond acceptors (Lipinski definition) is 26. The number of ether oxygens (including phenoxy) is 5. The molecule has 0 aliphatic rings. The number of esters is 2. The number of nitriles is 4. The van der Waals surface area contributed by atoms with Crippen molar-refractivity contribution >= 4 is 230 Å². The molecule has 0 saturated carbocycles. The number of halogens is 11. The standard InChI is InChI=1S/C18H17N3.C17H15N3O.C10H14.C9H8BrN3O2.C9H6BrN3O.C9H7BrN2O2.C8H4BrN3O.C8H7BrN2O.C4H6O3.C3H9B.Al.Cl3OP.3ClH.H3NO.3H2/c1-12(2)14-4-6-15(7-5-14)17-8-13(3)11-21-18(17)16(9-19)10-20-21;1-11(2)12-3-5-13(6-4-12)16-7-15(21)10-20-17(16)14(8-18)9-19-20;1-8(2)10-6-4-9(3)5-7-10;1-15-7-2-8(10)9-6(4-12-14)3-11-13(9)5-7;1-14-7-2-8(10)9-6(3-11)4-12-13(9)5-7;1-14-7-2-8(10)9-6(5-13)3-11-12(9)4-7;9-7-1-6(13)4-12-8(7)5(2-10)3-11-12;1-12-6-4-7(9)8-2-3-10-11(8)5-6;1-3(5)7-4(2)6;1-4(2)3;;1-5(2,3)4;;;;1-2;;;/h4-8,10-12H,1-3H3;3-7,9-11,21H,1-2H3;4-8H,1-3H3;2-5,14H,1H3;2,4-5H,1H3;2-5H,1H3;1,3-4,13H;2-5H,1H3;1-2H3;1-3H3;;;3*1H;2H,1H2;3*1H/q;;;;;;;;;;+3;;;;;;;;/p-3/b;;;12-4+;;;;;;;;;;;;;;;/i;;;;;;;;;;;;;;;;3*1+1. The summed E-state index contributed by atoms with van der Waals surface area (Å²) in [5, 5.41) is 98.5. The number of aromatic hydroxyl groups is 2. The van der Waals surface area contributed by atoms with Crippen molar-refractivity contribution in [3.05, 3.63) is 292 Å². The van der Waals surface area contributed by atoms with Gasteiger partial charge >= 0.3 is 28.5 Å². The SMILES string of the molecule is CB(C)C.CC(=O)OC(C)=O.CC(C)c1ccc(-c2cc(O)cn3ncc(C#N)c23)cc1.COc1cc(Br)c2c(/C=N/O)cnn2c1.COc1cc(Br)c2c(C#N)cnn2c1.COc1cc(Br)c2c(C=O)cnn2c1.COc1cc(Br)c2ccnn2c1.Cc1cc(-c2ccc(C(C)C)cc2)c2c(C#N)cnn2c1.Cc1ccc(C(C)C)cc1.N#Cc1cnn2cc(O)cc(Br)c12.NO.O=P(Cl)(Cl)Cl.[2HH].[2HH].[2HH].[Cl][Al]([Cl])[Cl]. The Morgan fingerprint density at radius 3 is 1.11 bits per heavy atom. The van der Waals surface area contributed by atoms with Crippen LogP contribution in [0.1, 0.15) is 143 Å². The summed E-state index contributed by atoms with van der Waals surface area (Å²) in [6.45, 7) is 26.9. The number of hydrogen-bond donors (Lipinski definition) is 5. The van der Waals surface area contributed by atoms with Gasteiger partial charge in [0.1, 0.15) is 65.5 Å². The zero-order chi connectivity index (χ0) is 106. The summed E-state index contributed by atoms with van der Waals surface area (Å²) in [5.74, 6) is 7.10. The average molecular weight is 2420 g/mol. The third-order valence-corrected chi connectivity index (χ3v) is 21.6. The Kier molecular flexibility index (Phi) is 51.2. The summed E-state index contributed by atoms with van der Waals surface area (Å²) in [5.41, 5.74) is 19.4. The minimum absolute atomic E-state index is 0. The van der Waals surface area contributed by atoms with Crippen molar-refractivity contribution in [1.29, 1.82) is 21.0 Å². The van der Waals surface area contributed by atoms with Gasteiger partial charge in [-0.2, -0.15) is 56.7 Å². The molecule has 33 nitrogen and oxygen atoms in total. The van der Waals surface area contributed by atoms with E-state index in [1.807, 2.05) is 55.7 Å². The first-order valence-corrected chi connectivity index (χ1v) is 55.3. The molecule has 3 aromatic carbocycles. The highest BCUT2D eigenvalue weighted by molar-refractivity contribution is 9.11. The molecule has 6 N–H and O–H groups in total. The van der Waals surface area contributed by atoms with E-state index in [9.17, 15) is 39.7 Å². The van der Waals surface area contributed by atoms with Crippen LogP contribution in [0.25, 0.3) is 60.9 Å². The number of aryl methyl sites for hydroxylation is 2. The van der Waals surface area contributed by atoms with Crippen LogP contribution in [0, 0.1) is 59.2 Å². The lowest BCUT2D eigenvalue weighted by molar-refractivity contribution is -0.156. The van der Waals surface area contributed by atoms with Crippen molar-refractivity contribution < 1.29 is 67.5 Å². The van der Waals surface area contributed by atoms with E-state index in [0.717, 1.165) is 97.6 Å². The van der Waals surface area contributed by atoms with Crippen LogP contribution in [0.2, 0.25) is 20.5 Å². The van der Waals surface area contributed by atoms with Gasteiger partial charge in [-0.25, -0.2) is 67.7 Å². The molecule has 0 fully saturated rings. The molecule has 17 aromatic rings. The van der Waals surface area contributed by atoms with Gasteiger partial charge in [0.15, 0.2) is 6.29 Å². The number of rotatable bonds is 11. The number of carbonyl (C=O) groups is 3. The van der Waals surface area contributed by atoms with Gasteiger partial charge in [0.05, 0.1) is 182 Å². The van der Waals surface area contributed by atoms with Gasteiger partial charge in [-0.3, -0.25) is 18.9 Å². The number of methoxy groups -OCH3 is 4. The first-order chi connectivity index (χ1) is 67.3. The lowest BCUT2D eigenvalue weighted by Gasteiger charge is -2.09. The highest BCUT2D eigenvalue weighted by Crippen LogP contribution is 2.61. The van der Waals surface area contributed by atoms with Crippen LogP contribution in [-0.4, -0.2) is 159 Å². The molecule has 0 aliphatic carbocycles. The Morgan fingerprint density at radius 1 is 0.458 bits per heavy atom. The van der Waals surface area contributed by atoms with Crippen molar-refractivity contribution in [2.24, 2.45) is 11.1 Å². The van der Waals surface area contributed by atoms with Crippen LogP contribution in [0.3, 0.4) is 0 Å². The number of benzene rings is 3. The number of carbonyl (C=O) groups excluding carboxylic acids is 3. The van der Waals surface area contributed by atoms with Gasteiger partial charge in [0, 0.05) is 63.4 Å². The fourth-order valence-corrected chi connectivity index (χ4v) is 15.3. The number of aldehydes is 1. The number of fused-ring (bicyclic) bond motifs is 7. The molecule has 17 rings (SSSR count). The predicted molar refractivity (Wildman–Crippen MR) is 584 cm³/mol. The smallest absolute Gasteiger partial charge is 0.506 e. The Labute approximate surface area is 897 Å². The van der Waals surface area contributed by atoms with Crippen molar-refractivity contribution in [3.8, 4) is 81.0 Å². The third kappa shape index (κ3) is 37.6. The number of pyridine rings is 7. The maximum atomic E-state index is 10.7. The minimum atomic E-state index is -3.22. The second-order valence-corrected chi connectivity index (χ2v) is 48.1. The quantitative estimate of drug-likeness (QED) is 0.0117. The second kappa shape index (κ2) is 60.1. The second-order valence-electron chi connectivity index (χ2n) is 30.7. The van der Waals surface area contributed by atoms with E-state index >= 15 is 0 Å². The number of nitrogens with two attached hydrogens (primary N) is 1. The largest absolute Gasteiger partial charge is 0.643 e. The highest BCUT2D eigenvalue weighted by atomic mass is 79.9. The Balaban J connectivity index is 0.000000546. The van der Waals surface area contributed by atoms with Gasteiger partial charge in [-0.05, 0) is 227 Å². The molecule has 14 heterocycles. The summed E-state index contributed by atoms with van der Waals surface area (Å²) in [7, 11) is 21.2. The molecule has 0 amide bonds. The van der Waals surface area contributed by atoms with Crippen molar-refractivity contribution in [1.82, 2.24) is 67.3 Å². The summed E-state index contributed by atoms with van der Waals surface area (Å²) in [6, 6.07) is 48.5. The molecule has 0 aliphatic heterocycles. The van der Waals surface area contributed by atoms with E-state index in [1.54, 1.807) is 111 Å². The van der Waals surface area contributed by atoms with E-state index in [2.05, 4.69) is 319 Å². The van der Waals surface area contributed by atoms with E-state index in [4.69, 9.17) is 70.0 Å². The van der Waals surface area contributed by atoms with Crippen molar-refractivity contribution in [2.45, 2.75) is 107 Å². The molecule has 0 radical (unpaired) electrons. The maximum Gasteiger partial charge on any atom is 0.643 e. The summed E-state index contributed by atoms with van der Waals surface area (Å²) >= 11 is 28.9. The fourth-order valence-electron chi connectivity index (χ4n) is 12.3. The lowest BCUT2D eigenvalue weighted by atomic mass is 9.58. The minimum Gasteiger partial charge on any atom is -0.506 e. The van der Waals surface area contributed by atoms with E-state index in [1.165, 1.54) is 90.1 Å². The Hall–Kier alpha value is -11.6. The van der Waals surface area contributed by atoms with Crippen LogP contribution in [0.5, 0.6) is 34.5 Å². The normalized spacial score (nSPS) is 10.2. The molecule has 142 heavy (non-hydrogen) atoms. The number of nitrogens with zero attached hydrogens (tertiary/aromatic N) is 19. The van der Waals surface area contributed by atoms with Crippen LogP contribution >= 0.6 is 149 Å². The van der Waals surface area contributed by atoms with Crippen molar-refractivity contribution in [3.63, 3.8) is 0 Å². The lowest BCUT2D eigenvalue weighted by Crippen LogP contribution is -2.03. The van der Waals surface area contributed by atoms with E-state index < -0.39 is 28.5 Å². The monoisotopic (exact) mass is 2410 g/mol. The zero-order valence-electron chi connectivity index (χ0n) is 79.3. The molecular formula is C95H102AlBBr5Cl6N20O13P. The first kappa shape index (κ1) is 121. The average Bonchev–Trinajstić information content (AvgIpc) is 1.66. The maximum absolute atomic E-state index is 10.7. The van der Waals surface area contributed by atoms with Crippen LogP contribution in [0.15, 0.2) is 236 Å². The Bertz CT molecular complexity index is 7190. The zero-order valence-corrected chi connectivity index (χ0v) is 93.8. The van der Waals surface area contributed by atoms with Crippen LogP contribution < -0.4 is 24.8 Å². The van der Waals surface area contributed by atoms with Crippen LogP contribution in [0.4, 0.5) is 0 Å². The molecule has 0 atom stereocenters. The van der Waals surface area contributed by atoms with E-state index in [0.29, 0.717) is 78.3 Å². The molecule has 14 aromatic heterocycles. The molecule has 47 heteroatoms. The molecule has 748 valence electrons. The number of oxime groups is 1. The van der Waals surface area contributed by atoms with Gasteiger partial charge in [-0.1, -0.05) is 146 Å². The number of aromatic nitrogens is 14. The fraction of sp³-hybridized carbons (Fsp3) is 0.211. The first-order valence-electron chi connectivity index (χ1n) is 41.7. The Morgan fingerprint density at radius 2 is 0.754 bits per heavy atom. The van der Waals surface area contributed by atoms with Gasteiger partial charge in [0.2, 0.25) is 0 Å². The topological polar surface area (TPSA) is 450 Å². The van der Waals surface area contributed by atoms with E-state index in [-0.39, 0.29) is 15.8 Å². The summed E-state index contributed by atoms with van der Waals surface area (Å²) in [4.78, 5) is 30.3.